The summed E-state index contributed by atoms with van der Waals surface area (Å²) in [6, 6.07) is 18.8. The highest BCUT2D eigenvalue weighted by atomic mass is 16.6. The molecule has 2 atom stereocenters. The highest BCUT2D eigenvalue weighted by Crippen LogP contribution is 2.37. The van der Waals surface area contributed by atoms with Crippen molar-refractivity contribution in [2.45, 2.75) is 51.7 Å². The van der Waals surface area contributed by atoms with Gasteiger partial charge in [-0.15, -0.1) is 0 Å². The lowest BCUT2D eigenvalue weighted by atomic mass is 9.77. The lowest BCUT2D eigenvalue weighted by Crippen LogP contribution is -2.59. The Morgan fingerprint density at radius 1 is 1.04 bits per heavy atom. The molecule has 1 aliphatic rings. The summed E-state index contributed by atoms with van der Waals surface area (Å²) in [6.45, 7) is 6.57. The van der Waals surface area contributed by atoms with E-state index in [1.807, 2.05) is 74.2 Å². The zero-order valence-electron chi connectivity index (χ0n) is 16.9. The van der Waals surface area contributed by atoms with Gasteiger partial charge in [0, 0.05) is 18.7 Å². The lowest BCUT2D eigenvalue weighted by Gasteiger charge is -2.44. The molecule has 0 amide bonds. The van der Waals surface area contributed by atoms with Crippen molar-refractivity contribution < 1.29 is 14.3 Å². The average molecular weight is 380 g/mol. The van der Waals surface area contributed by atoms with E-state index < -0.39 is 17.6 Å². The minimum absolute atomic E-state index is 0.0521. The zero-order chi connectivity index (χ0) is 20.1. The summed E-state index contributed by atoms with van der Waals surface area (Å²) in [5.41, 5.74) is 1.31. The minimum Gasteiger partial charge on any atom is -0.456 e. The molecule has 2 aromatic carbocycles. The molecule has 1 heterocycles. The standard InChI is InChI=1S/C24H29NO3/c1-4-25(20-13-9-6-10-14-20)22-21(26)17-24(18(2)3,28-23(22)27)16-15-19-11-7-5-8-12-19/h5-14,18,22H,4,15-17H2,1-3H3. The summed E-state index contributed by atoms with van der Waals surface area (Å²) in [7, 11) is 0. The number of cyclic esters (lactones) is 1. The number of anilines is 1. The van der Waals surface area contributed by atoms with Crippen LogP contribution in [0.2, 0.25) is 0 Å². The van der Waals surface area contributed by atoms with Gasteiger partial charge in [0.25, 0.3) is 0 Å². The van der Waals surface area contributed by atoms with Gasteiger partial charge in [-0.1, -0.05) is 62.4 Å². The van der Waals surface area contributed by atoms with Crippen LogP contribution in [-0.4, -0.2) is 29.9 Å². The van der Waals surface area contributed by atoms with Crippen LogP contribution < -0.4 is 4.90 Å². The number of para-hydroxylation sites is 1. The molecule has 0 bridgehead atoms. The molecule has 1 saturated heterocycles. The Morgan fingerprint density at radius 2 is 1.64 bits per heavy atom. The number of rotatable bonds is 7. The first-order valence-corrected chi connectivity index (χ1v) is 10.1. The summed E-state index contributed by atoms with van der Waals surface area (Å²) in [4.78, 5) is 28.0. The van der Waals surface area contributed by atoms with Gasteiger partial charge in [0.15, 0.2) is 11.8 Å². The Hall–Kier alpha value is -2.62. The molecule has 0 radical (unpaired) electrons. The highest BCUT2D eigenvalue weighted by Gasteiger charge is 2.50. The SMILES string of the molecule is CCN(c1ccccc1)C1C(=O)CC(CCc2ccccc2)(C(C)C)OC1=O. The number of nitrogens with zero attached hydrogens (tertiary/aromatic N) is 1. The van der Waals surface area contributed by atoms with E-state index in [4.69, 9.17) is 4.74 Å². The van der Waals surface area contributed by atoms with Gasteiger partial charge in [0.2, 0.25) is 0 Å². The van der Waals surface area contributed by atoms with Crippen molar-refractivity contribution in [2.75, 3.05) is 11.4 Å². The lowest BCUT2D eigenvalue weighted by molar-refractivity contribution is -0.179. The molecule has 4 nitrogen and oxygen atoms in total. The van der Waals surface area contributed by atoms with Gasteiger partial charge in [0.05, 0.1) is 0 Å². The molecule has 28 heavy (non-hydrogen) atoms. The second-order valence-corrected chi connectivity index (χ2v) is 7.79. The molecule has 1 aliphatic heterocycles. The fraction of sp³-hybridized carbons (Fsp3) is 0.417. The van der Waals surface area contributed by atoms with Crippen LogP contribution in [-0.2, 0) is 20.7 Å². The number of Topliss-reactive ketones (excluding diaryl/α,β-unsaturated/α-hetero) is 1. The van der Waals surface area contributed by atoms with Gasteiger partial charge in [-0.25, -0.2) is 4.79 Å². The van der Waals surface area contributed by atoms with Gasteiger partial charge >= 0.3 is 5.97 Å². The summed E-state index contributed by atoms with van der Waals surface area (Å²) in [5.74, 6) is -0.413. The summed E-state index contributed by atoms with van der Waals surface area (Å²) >= 11 is 0. The largest absolute Gasteiger partial charge is 0.456 e. The van der Waals surface area contributed by atoms with E-state index in [1.54, 1.807) is 0 Å². The first kappa shape index (κ1) is 20.1. The molecule has 4 heteroatoms. The number of carbonyl (C=O) groups is 2. The molecule has 0 saturated carbocycles. The van der Waals surface area contributed by atoms with Gasteiger partial charge in [-0.2, -0.15) is 0 Å². The third-order valence-corrected chi connectivity index (χ3v) is 5.78. The Kier molecular flexibility index (Phi) is 6.18. The van der Waals surface area contributed by atoms with E-state index in [9.17, 15) is 9.59 Å². The van der Waals surface area contributed by atoms with E-state index in [0.29, 0.717) is 13.0 Å². The molecule has 1 fully saturated rings. The molecular formula is C24H29NO3. The van der Waals surface area contributed by atoms with Crippen LogP contribution in [0.15, 0.2) is 60.7 Å². The van der Waals surface area contributed by atoms with Gasteiger partial charge in [-0.05, 0) is 43.4 Å². The number of aryl methyl sites for hydroxylation is 1. The molecule has 0 aromatic heterocycles. The van der Waals surface area contributed by atoms with E-state index in [0.717, 1.165) is 12.1 Å². The molecule has 0 spiro atoms. The average Bonchev–Trinajstić information content (AvgIpc) is 2.70. The number of ketones is 1. The summed E-state index contributed by atoms with van der Waals surface area (Å²) in [6.07, 6.45) is 1.69. The molecule has 2 aromatic rings. The summed E-state index contributed by atoms with van der Waals surface area (Å²) < 4.78 is 6.04. The molecule has 3 rings (SSSR count). The van der Waals surface area contributed by atoms with Crippen molar-refractivity contribution in [3.63, 3.8) is 0 Å². The Labute approximate surface area is 167 Å². The molecule has 148 valence electrons. The molecule has 2 unspecified atom stereocenters. The highest BCUT2D eigenvalue weighted by molar-refractivity contribution is 6.08. The second-order valence-electron chi connectivity index (χ2n) is 7.79. The van der Waals surface area contributed by atoms with Crippen molar-refractivity contribution in [1.29, 1.82) is 0 Å². The number of hydrogen-bond acceptors (Lipinski definition) is 4. The van der Waals surface area contributed by atoms with E-state index in [-0.39, 0.29) is 18.1 Å². The molecule has 0 aliphatic carbocycles. The monoisotopic (exact) mass is 379 g/mol. The van der Waals surface area contributed by atoms with Gasteiger partial charge < -0.3 is 9.64 Å². The van der Waals surface area contributed by atoms with Crippen molar-refractivity contribution in [1.82, 2.24) is 0 Å². The number of likely N-dealkylation sites (N-methyl/N-ethyl adjacent to an activating group) is 1. The zero-order valence-corrected chi connectivity index (χ0v) is 16.9. The number of ether oxygens (including phenoxy) is 1. The van der Waals surface area contributed by atoms with E-state index in [1.165, 1.54) is 5.56 Å². The Bertz CT molecular complexity index is 783. The van der Waals surface area contributed by atoms with Crippen LogP contribution in [0.3, 0.4) is 0 Å². The predicted octanol–water partition coefficient (Wildman–Crippen LogP) is 4.43. The van der Waals surface area contributed by atoms with Crippen molar-refractivity contribution >= 4 is 17.4 Å². The maximum atomic E-state index is 13.2. The van der Waals surface area contributed by atoms with Crippen LogP contribution in [0.1, 0.15) is 39.2 Å². The fourth-order valence-corrected chi connectivity index (χ4v) is 4.00. The molecule has 0 N–H and O–H groups in total. The smallest absolute Gasteiger partial charge is 0.337 e. The number of benzene rings is 2. The molecular weight excluding hydrogens is 350 g/mol. The normalized spacial score (nSPS) is 22.2. The maximum absolute atomic E-state index is 13.2. The Morgan fingerprint density at radius 3 is 2.18 bits per heavy atom. The van der Waals surface area contributed by atoms with Crippen molar-refractivity contribution in [2.24, 2.45) is 5.92 Å². The van der Waals surface area contributed by atoms with Crippen LogP contribution in [0.5, 0.6) is 0 Å². The van der Waals surface area contributed by atoms with Crippen LogP contribution >= 0.6 is 0 Å². The number of esters is 1. The first-order valence-electron chi connectivity index (χ1n) is 10.1. The Balaban J connectivity index is 1.81. The van der Waals surface area contributed by atoms with Crippen LogP contribution in [0.4, 0.5) is 5.69 Å². The predicted molar refractivity (Wildman–Crippen MR) is 111 cm³/mol. The maximum Gasteiger partial charge on any atom is 0.337 e. The van der Waals surface area contributed by atoms with Crippen molar-refractivity contribution in [3.05, 3.63) is 66.2 Å². The van der Waals surface area contributed by atoms with Gasteiger partial charge in [-0.3, -0.25) is 4.79 Å². The van der Waals surface area contributed by atoms with Crippen LogP contribution in [0.25, 0.3) is 0 Å². The van der Waals surface area contributed by atoms with E-state index >= 15 is 0 Å². The second kappa shape index (κ2) is 8.59. The third-order valence-electron chi connectivity index (χ3n) is 5.78. The van der Waals surface area contributed by atoms with E-state index in [2.05, 4.69) is 12.1 Å². The van der Waals surface area contributed by atoms with Gasteiger partial charge in [0.1, 0.15) is 5.60 Å². The third kappa shape index (κ3) is 4.11. The summed E-state index contributed by atoms with van der Waals surface area (Å²) in [5, 5.41) is 0. The first-order chi connectivity index (χ1) is 13.5. The quantitative estimate of drug-likeness (QED) is 0.528. The van der Waals surface area contributed by atoms with Crippen LogP contribution in [0, 0.1) is 5.92 Å². The fourth-order valence-electron chi connectivity index (χ4n) is 4.00. The topological polar surface area (TPSA) is 46.6 Å². The van der Waals surface area contributed by atoms with Crippen molar-refractivity contribution in [3.8, 4) is 0 Å². The number of carbonyl (C=O) groups excluding carboxylic acids is 2. The number of hydrogen-bond donors (Lipinski definition) is 0. The minimum atomic E-state index is -0.865.